The van der Waals surface area contributed by atoms with Gasteiger partial charge in [0, 0.05) is 18.1 Å². The highest BCUT2D eigenvalue weighted by Crippen LogP contribution is 2.28. The predicted octanol–water partition coefficient (Wildman–Crippen LogP) is 2.91. The molecule has 4 heteroatoms. The highest BCUT2D eigenvalue weighted by molar-refractivity contribution is 5.84. The number of fused-ring (bicyclic) bond motifs is 1. The van der Waals surface area contributed by atoms with E-state index in [2.05, 4.69) is 4.98 Å². The first-order chi connectivity index (χ1) is 9.38. The van der Waals surface area contributed by atoms with Crippen LogP contribution in [0.4, 0.5) is 0 Å². The molecule has 0 amide bonds. The first-order valence-electron chi connectivity index (χ1n) is 6.12. The Balaban J connectivity index is 1.96. The van der Waals surface area contributed by atoms with E-state index in [9.17, 15) is 0 Å². The van der Waals surface area contributed by atoms with Crippen molar-refractivity contribution in [3.05, 3.63) is 60.7 Å². The van der Waals surface area contributed by atoms with Crippen LogP contribution in [0.2, 0.25) is 0 Å². The van der Waals surface area contributed by atoms with Gasteiger partial charge in [-0.05, 0) is 36.4 Å². The second kappa shape index (κ2) is 5.12. The molecule has 0 bridgehead atoms. The Morgan fingerprint density at radius 1 is 1.16 bits per heavy atom. The van der Waals surface area contributed by atoms with Crippen LogP contribution in [0.15, 0.2) is 59.3 Å². The Morgan fingerprint density at radius 3 is 2.89 bits per heavy atom. The van der Waals surface area contributed by atoms with Crippen molar-refractivity contribution in [2.45, 2.75) is 6.10 Å². The van der Waals surface area contributed by atoms with Crippen LogP contribution < -0.4 is 10.5 Å². The van der Waals surface area contributed by atoms with Crippen LogP contribution in [0.5, 0.6) is 5.75 Å². The molecule has 19 heavy (non-hydrogen) atoms. The van der Waals surface area contributed by atoms with Gasteiger partial charge in [-0.3, -0.25) is 4.98 Å². The fourth-order valence-electron chi connectivity index (χ4n) is 2.03. The minimum atomic E-state index is -0.291. The van der Waals surface area contributed by atoms with E-state index in [-0.39, 0.29) is 6.10 Å². The molecule has 2 aromatic heterocycles. The third kappa shape index (κ3) is 2.30. The van der Waals surface area contributed by atoms with Gasteiger partial charge in [0.2, 0.25) is 0 Å². The van der Waals surface area contributed by atoms with Crippen LogP contribution >= 0.6 is 0 Å². The molecule has 96 valence electrons. The number of pyridine rings is 1. The zero-order chi connectivity index (χ0) is 13.1. The van der Waals surface area contributed by atoms with Gasteiger partial charge in [0.15, 0.2) is 6.10 Å². The number of ether oxygens (including phenoxy) is 1. The molecule has 0 aliphatic carbocycles. The lowest BCUT2D eigenvalue weighted by Crippen LogP contribution is -2.18. The molecule has 4 nitrogen and oxygen atoms in total. The van der Waals surface area contributed by atoms with E-state index in [0.717, 1.165) is 22.4 Å². The minimum absolute atomic E-state index is 0.291. The van der Waals surface area contributed by atoms with Crippen molar-refractivity contribution in [1.29, 1.82) is 0 Å². The molecule has 0 saturated carbocycles. The maximum atomic E-state index is 5.96. The summed E-state index contributed by atoms with van der Waals surface area (Å²) in [6.45, 7) is 0.351. The molecule has 3 aromatic rings. The number of nitrogens with two attached hydrogens (primary N) is 1. The summed E-state index contributed by atoms with van der Waals surface area (Å²) in [5, 5.41) is 0.968. The Labute approximate surface area is 110 Å². The highest BCUT2D eigenvalue weighted by atomic mass is 16.5. The smallest absolute Gasteiger partial charge is 0.168 e. The average Bonchev–Trinajstić information content (AvgIpc) is 2.99. The second-order valence-electron chi connectivity index (χ2n) is 4.18. The molecule has 1 unspecified atom stereocenters. The van der Waals surface area contributed by atoms with Crippen LogP contribution in [0, 0.1) is 0 Å². The minimum Gasteiger partial charge on any atom is -0.480 e. The molecule has 0 spiro atoms. The van der Waals surface area contributed by atoms with Gasteiger partial charge in [0.05, 0.1) is 11.8 Å². The lowest BCUT2D eigenvalue weighted by molar-refractivity contribution is 0.186. The van der Waals surface area contributed by atoms with Gasteiger partial charge in [-0.2, -0.15) is 0 Å². The van der Waals surface area contributed by atoms with Crippen LogP contribution in [0.1, 0.15) is 11.9 Å². The number of hydrogen-bond acceptors (Lipinski definition) is 4. The average molecular weight is 254 g/mol. The molecule has 0 saturated heterocycles. The van der Waals surface area contributed by atoms with E-state index in [4.69, 9.17) is 14.9 Å². The maximum Gasteiger partial charge on any atom is 0.168 e. The van der Waals surface area contributed by atoms with Gasteiger partial charge in [-0.1, -0.05) is 6.07 Å². The standard InChI is InChI=1S/C15H14N2O2/c16-10-15(14-7-3-9-18-14)19-13-6-1-5-12-11(13)4-2-8-17-12/h1-9,15H,10,16H2. The van der Waals surface area contributed by atoms with Gasteiger partial charge in [0.1, 0.15) is 11.5 Å². The van der Waals surface area contributed by atoms with E-state index < -0.39 is 0 Å². The first kappa shape index (κ1) is 11.7. The molecule has 0 radical (unpaired) electrons. The fraction of sp³-hybridized carbons (Fsp3) is 0.133. The lowest BCUT2D eigenvalue weighted by atomic mass is 10.2. The third-order valence-electron chi connectivity index (χ3n) is 2.95. The molecule has 0 fully saturated rings. The van der Waals surface area contributed by atoms with Crippen molar-refractivity contribution < 1.29 is 9.15 Å². The van der Waals surface area contributed by atoms with E-state index in [1.165, 1.54) is 0 Å². The van der Waals surface area contributed by atoms with Crippen LogP contribution in [-0.2, 0) is 0 Å². The summed E-state index contributed by atoms with van der Waals surface area (Å²) in [4.78, 5) is 4.30. The molecule has 3 rings (SSSR count). The molecule has 0 aliphatic heterocycles. The normalized spacial score (nSPS) is 12.5. The summed E-state index contributed by atoms with van der Waals surface area (Å²) >= 11 is 0. The van der Waals surface area contributed by atoms with Crippen molar-refractivity contribution in [1.82, 2.24) is 4.98 Å². The largest absolute Gasteiger partial charge is 0.480 e. The van der Waals surface area contributed by atoms with E-state index in [1.54, 1.807) is 12.5 Å². The summed E-state index contributed by atoms with van der Waals surface area (Å²) in [5.74, 6) is 1.49. The summed E-state index contributed by atoms with van der Waals surface area (Å²) in [7, 11) is 0. The lowest BCUT2D eigenvalue weighted by Gasteiger charge is -2.16. The Kier molecular flexibility index (Phi) is 3.16. The molecule has 1 aromatic carbocycles. The molecule has 1 atom stereocenters. The topological polar surface area (TPSA) is 61.3 Å². The summed E-state index contributed by atoms with van der Waals surface area (Å²) in [6, 6.07) is 13.3. The van der Waals surface area contributed by atoms with Crippen molar-refractivity contribution in [2.24, 2.45) is 5.73 Å². The van der Waals surface area contributed by atoms with Gasteiger partial charge in [0.25, 0.3) is 0 Å². The van der Waals surface area contributed by atoms with Gasteiger partial charge in [-0.25, -0.2) is 0 Å². The Hall–Kier alpha value is -2.33. The van der Waals surface area contributed by atoms with Crippen molar-refractivity contribution >= 4 is 10.9 Å². The predicted molar refractivity (Wildman–Crippen MR) is 72.9 cm³/mol. The van der Waals surface area contributed by atoms with E-state index >= 15 is 0 Å². The second-order valence-corrected chi connectivity index (χ2v) is 4.18. The molecular formula is C15H14N2O2. The number of furan rings is 1. The highest BCUT2D eigenvalue weighted by Gasteiger charge is 2.15. The fourth-order valence-corrected chi connectivity index (χ4v) is 2.03. The van der Waals surface area contributed by atoms with Crippen molar-refractivity contribution in [3.63, 3.8) is 0 Å². The number of nitrogens with zero attached hydrogens (tertiary/aromatic N) is 1. The molecule has 2 N–H and O–H groups in total. The summed E-state index contributed by atoms with van der Waals surface area (Å²) in [6.07, 6.45) is 3.09. The van der Waals surface area contributed by atoms with Gasteiger partial charge in [-0.15, -0.1) is 0 Å². The van der Waals surface area contributed by atoms with Crippen LogP contribution in [0.3, 0.4) is 0 Å². The molecule has 0 aliphatic rings. The zero-order valence-corrected chi connectivity index (χ0v) is 10.3. The Morgan fingerprint density at radius 2 is 2.11 bits per heavy atom. The zero-order valence-electron chi connectivity index (χ0n) is 10.3. The number of aromatic nitrogens is 1. The summed E-state index contributed by atoms with van der Waals surface area (Å²) < 4.78 is 11.3. The SMILES string of the molecule is NCC(Oc1cccc2ncccc12)c1ccco1. The molecular weight excluding hydrogens is 240 g/mol. The van der Waals surface area contributed by atoms with E-state index in [0.29, 0.717) is 6.54 Å². The van der Waals surface area contributed by atoms with Crippen molar-refractivity contribution in [2.75, 3.05) is 6.54 Å². The Bertz CT molecular complexity index is 659. The van der Waals surface area contributed by atoms with Crippen molar-refractivity contribution in [3.8, 4) is 5.75 Å². The van der Waals surface area contributed by atoms with Crippen LogP contribution in [0.25, 0.3) is 10.9 Å². The first-order valence-corrected chi connectivity index (χ1v) is 6.12. The van der Waals surface area contributed by atoms with Gasteiger partial charge < -0.3 is 14.9 Å². The number of benzene rings is 1. The van der Waals surface area contributed by atoms with Crippen LogP contribution in [-0.4, -0.2) is 11.5 Å². The quantitative estimate of drug-likeness (QED) is 0.777. The van der Waals surface area contributed by atoms with E-state index in [1.807, 2.05) is 42.5 Å². The maximum absolute atomic E-state index is 5.96. The number of rotatable bonds is 4. The van der Waals surface area contributed by atoms with Gasteiger partial charge >= 0.3 is 0 Å². The summed E-state index contributed by atoms with van der Waals surface area (Å²) in [5.41, 5.74) is 6.65. The third-order valence-corrected chi connectivity index (χ3v) is 2.95. The molecule has 2 heterocycles. The number of hydrogen-bond donors (Lipinski definition) is 1. The monoisotopic (exact) mass is 254 g/mol.